The topological polar surface area (TPSA) is 66.8 Å². The van der Waals surface area contributed by atoms with E-state index >= 15 is 0 Å². The standard InChI is InChI=1S/C24H34O4/c1-16(2)10-13-24(28-20(6)25)19(5)9-7-8-17(3)11-12-21-22(26)14-18(4)15-23(21)27/h9-11,14-15,24,26-27H,7-8,12-13H2,1-6H3/b17-11+,19-9+. The summed E-state index contributed by atoms with van der Waals surface area (Å²) in [6.45, 7) is 11.4. The highest BCUT2D eigenvalue weighted by atomic mass is 16.5. The Balaban J connectivity index is 2.69. The van der Waals surface area contributed by atoms with Crippen LogP contribution in [0.2, 0.25) is 0 Å². The molecule has 0 aliphatic carbocycles. The van der Waals surface area contributed by atoms with Crippen LogP contribution in [0.5, 0.6) is 11.5 Å². The Labute approximate surface area is 169 Å². The molecule has 0 fully saturated rings. The summed E-state index contributed by atoms with van der Waals surface area (Å²) >= 11 is 0. The molecule has 1 aromatic carbocycles. The van der Waals surface area contributed by atoms with Gasteiger partial charge in [0.05, 0.1) is 0 Å². The van der Waals surface area contributed by atoms with Crippen molar-refractivity contribution in [3.63, 3.8) is 0 Å². The van der Waals surface area contributed by atoms with Crippen molar-refractivity contribution < 1.29 is 19.7 Å². The van der Waals surface area contributed by atoms with Crippen molar-refractivity contribution in [1.29, 1.82) is 0 Å². The third-order valence-electron chi connectivity index (χ3n) is 4.56. The minimum Gasteiger partial charge on any atom is -0.508 e. The molecule has 0 aromatic heterocycles. The Morgan fingerprint density at radius 1 is 1.04 bits per heavy atom. The maximum absolute atomic E-state index is 11.4. The molecule has 0 aliphatic heterocycles. The summed E-state index contributed by atoms with van der Waals surface area (Å²) in [5, 5.41) is 20.0. The molecule has 1 unspecified atom stereocenters. The maximum atomic E-state index is 11.4. The van der Waals surface area contributed by atoms with Gasteiger partial charge in [-0.05, 0) is 77.2 Å². The monoisotopic (exact) mass is 386 g/mol. The van der Waals surface area contributed by atoms with Crippen molar-refractivity contribution in [3.05, 3.63) is 58.2 Å². The largest absolute Gasteiger partial charge is 0.508 e. The Morgan fingerprint density at radius 2 is 1.64 bits per heavy atom. The summed E-state index contributed by atoms with van der Waals surface area (Å²) in [5.41, 5.74) is 4.81. The number of esters is 1. The summed E-state index contributed by atoms with van der Waals surface area (Å²) in [7, 11) is 0. The molecule has 28 heavy (non-hydrogen) atoms. The van der Waals surface area contributed by atoms with E-state index in [1.807, 2.05) is 40.7 Å². The van der Waals surface area contributed by atoms with Gasteiger partial charge >= 0.3 is 5.97 Å². The number of ether oxygens (including phenoxy) is 1. The molecule has 0 amide bonds. The number of phenolic OH excluding ortho intramolecular Hbond substituents is 2. The van der Waals surface area contributed by atoms with E-state index in [1.54, 1.807) is 12.1 Å². The first-order valence-corrected chi connectivity index (χ1v) is 9.74. The summed E-state index contributed by atoms with van der Waals surface area (Å²) in [6, 6.07) is 3.32. The quantitative estimate of drug-likeness (QED) is 0.409. The van der Waals surface area contributed by atoms with Crippen molar-refractivity contribution in [1.82, 2.24) is 0 Å². The van der Waals surface area contributed by atoms with Crippen LogP contribution in [0.4, 0.5) is 0 Å². The molecule has 0 saturated carbocycles. The molecule has 4 nitrogen and oxygen atoms in total. The number of hydrogen-bond acceptors (Lipinski definition) is 4. The summed E-state index contributed by atoms with van der Waals surface area (Å²) in [4.78, 5) is 11.4. The number of rotatable bonds is 9. The van der Waals surface area contributed by atoms with Gasteiger partial charge in [0.1, 0.15) is 17.6 Å². The van der Waals surface area contributed by atoms with Gasteiger partial charge in [0.25, 0.3) is 0 Å². The Kier molecular flexibility index (Phi) is 9.57. The van der Waals surface area contributed by atoms with Gasteiger partial charge in [-0.3, -0.25) is 4.79 Å². The molecule has 0 saturated heterocycles. The molecule has 0 bridgehead atoms. The maximum Gasteiger partial charge on any atom is 0.303 e. The number of benzene rings is 1. The van der Waals surface area contributed by atoms with Gasteiger partial charge in [0, 0.05) is 18.9 Å². The summed E-state index contributed by atoms with van der Waals surface area (Å²) in [6.07, 6.45) is 8.88. The second-order valence-electron chi connectivity index (χ2n) is 7.64. The first-order chi connectivity index (χ1) is 13.1. The van der Waals surface area contributed by atoms with Crippen LogP contribution in [0.15, 0.2) is 47.1 Å². The van der Waals surface area contributed by atoms with E-state index in [9.17, 15) is 15.0 Å². The molecule has 1 aromatic rings. The highest BCUT2D eigenvalue weighted by Crippen LogP contribution is 2.29. The molecule has 1 rings (SSSR count). The molecule has 4 heteroatoms. The lowest BCUT2D eigenvalue weighted by Crippen LogP contribution is -2.17. The molecule has 154 valence electrons. The average molecular weight is 387 g/mol. The first-order valence-electron chi connectivity index (χ1n) is 9.74. The molecule has 2 N–H and O–H groups in total. The number of aryl methyl sites for hydroxylation is 1. The fourth-order valence-corrected chi connectivity index (χ4v) is 2.89. The van der Waals surface area contributed by atoms with Gasteiger partial charge in [-0.2, -0.15) is 0 Å². The van der Waals surface area contributed by atoms with Crippen molar-refractivity contribution in [3.8, 4) is 11.5 Å². The van der Waals surface area contributed by atoms with E-state index in [1.165, 1.54) is 18.1 Å². The smallest absolute Gasteiger partial charge is 0.303 e. The number of carbonyl (C=O) groups excluding carboxylic acids is 1. The van der Waals surface area contributed by atoms with Gasteiger partial charge in [-0.25, -0.2) is 0 Å². The fourth-order valence-electron chi connectivity index (χ4n) is 2.89. The van der Waals surface area contributed by atoms with Crippen LogP contribution in [-0.2, 0) is 16.0 Å². The number of aromatic hydroxyl groups is 2. The molecule has 0 heterocycles. The van der Waals surface area contributed by atoms with Gasteiger partial charge < -0.3 is 14.9 Å². The van der Waals surface area contributed by atoms with Crippen LogP contribution >= 0.6 is 0 Å². The number of allylic oxidation sites excluding steroid dienone is 4. The van der Waals surface area contributed by atoms with Gasteiger partial charge in [-0.1, -0.05) is 29.4 Å². The second-order valence-corrected chi connectivity index (χ2v) is 7.64. The molecule has 1 atom stereocenters. The third kappa shape index (κ3) is 8.47. The molecular weight excluding hydrogens is 352 g/mol. The normalized spacial score (nSPS) is 13.2. The van der Waals surface area contributed by atoms with Crippen molar-refractivity contribution in [2.75, 3.05) is 0 Å². The number of carbonyl (C=O) groups is 1. The zero-order valence-electron chi connectivity index (χ0n) is 18.0. The minimum atomic E-state index is -0.270. The van der Waals surface area contributed by atoms with E-state index in [0.717, 1.165) is 24.0 Å². The highest BCUT2D eigenvalue weighted by Gasteiger charge is 2.12. The predicted molar refractivity (Wildman–Crippen MR) is 115 cm³/mol. The minimum absolute atomic E-state index is 0.126. The van der Waals surface area contributed by atoms with Crippen LogP contribution < -0.4 is 0 Å². The molecule has 0 radical (unpaired) electrons. The van der Waals surface area contributed by atoms with Crippen LogP contribution in [0.3, 0.4) is 0 Å². The van der Waals surface area contributed by atoms with Crippen LogP contribution in [0.1, 0.15) is 65.0 Å². The second kappa shape index (κ2) is 11.4. The predicted octanol–water partition coefficient (Wildman–Crippen LogP) is 5.91. The van der Waals surface area contributed by atoms with E-state index < -0.39 is 0 Å². The fraction of sp³-hybridized carbons (Fsp3) is 0.458. The highest BCUT2D eigenvalue weighted by molar-refractivity contribution is 5.66. The molecule has 0 aliphatic rings. The number of hydrogen-bond donors (Lipinski definition) is 2. The summed E-state index contributed by atoms with van der Waals surface area (Å²) in [5.74, 6) is -0.0183. The van der Waals surface area contributed by atoms with E-state index in [2.05, 4.69) is 12.2 Å². The Morgan fingerprint density at radius 3 is 2.18 bits per heavy atom. The average Bonchev–Trinajstić information content (AvgIpc) is 2.57. The zero-order valence-corrected chi connectivity index (χ0v) is 18.0. The number of phenols is 2. The van der Waals surface area contributed by atoms with Crippen molar-refractivity contribution >= 4 is 5.97 Å². The SMILES string of the molecule is CC(=O)OC(CC=C(C)C)/C(C)=C/CC/C(C)=C/Cc1c(O)cc(C)cc1O. The zero-order chi connectivity index (χ0) is 21.3. The lowest BCUT2D eigenvalue weighted by atomic mass is 10.0. The van der Waals surface area contributed by atoms with Crippen molar-refractivity contribution in [2.24, 2.45) is 0 Å². The Bertz CT molecular complexity index is 742. The van der Waals surface area contributed by atoms with Crippen molar-refractivity contribution in [2.45, 2.75) is 73.3 Å². The molecule has 0 spiro atoms. The van der Waals surface area contributed by atoms with Crippen LogP contribution in [0, 0.1) is 6.92 Å². The van der Waals surface area contributed by atoms with Crippen LogP contribution in [-0.4, -0.2) is 22.3 Å². The van der Waals surface area contributed by atoms with E-state index in [0.29, 0.717) is 18.4 Å². The first kappa shape index (κ1) is 23.5. The van der Waals surface area contributed by atoms with Gasteiger partial charge in [-0.15, -0.1) is 0 Å². The third-order valence-corrected chi connectivity index (χ3v) is 4.56. The van der Waals surface area contributed by atoms with Crippen LogP contribution in [0.25, 0.3) is 0 Å². The van der Waals surface area contributed by atoms with E-state index in [-0.39, 0.29) is 23.6 Å². The van der Waals surface area contributed by atoms with Gasteiger partial charge in [0.2, 0.25) is 0 Å². The summed E-state index contributed by atoms with van der Waals surface area (Å²) < 4.78 is 5.44. The lowest BCUT2D eigenvalue weighted by Gasteiger charge is -2.16. The van der Waals surface area contributed by atoms with E-state index in [4.69, 9.17) is 4.74 Å². The lowest BCUT2D eigenvalue weighted by molar-refractivity contribution is -0.144. The Hall–Kier alpha value is -2.49. The van der Waals surface area contributed by atoms with Gasteiger partial charge in [0.15, 0.2) is 0 Å². The molecular formula is C24H34O4.